The number of benzene rings is 3. The van der Waals surface area contributed by atoms with Crippen molar-refractivity contribution in [1.29, 1.82) is 0 Å². The van der Waals surface area contributed by atoms with Crippen LogP contribution in [-0.4, -0.2) is 114 Å². The fraction of sp³-hybridized carbons (Fsp3) is 0.490. The van der Waals surface area contributed by atoms with Gasteiger partial charge in [0, 0.05) is 56.3 Å². The third kappa shape index (κ3) is 12.9. The predicted molar refractivity (Wildman–Crippen MR) is 249 cm³/mol. The highest BCUT2D eigenvalue weighted by Gasteiger charge is 2.65. The van der Waals surface area contributed by atoms with Gasteiger partial charge in [-0.25, -0.2) is 9.59 Å². The van der Waals surface area contributed by atoms with Crippen LogP contribution in [0.2, 0.25) is 0 Å². The summed E-state index contributed by atoms with van der Waals surface area (Å²) in [7, 11) is 0. The van der Waals surface area contributed by atoms with Crippen LogP contribution in [0.1, 0.15) is 67.6 Å². The highest BCUT2D eigenvalue weighted by molar-refractivity contribution is 6.18. The molecule has 0 bridgehead atoms. The van der Waals surface area contributed by atoms with Gasteiger partial charge in [0.2, 0.25) is 5.79 Å². The van der Waals surface area contributed by atoms with Crippen LogP contribution in [0.15, 0.2) is 102 Å². The average Bonchev–Trinajstić information content (AvgIpc) is 3.34. The number of unbranched alkanes of at least 4 members (excludes halogenated alkanes) is 2. The molecule has 1 fully saturated rings. The number of carbonyl (C=O) groups is 2. The van der Waals surface area contributed by atoms with Crippen molar-refractivity contribution in [1.82, 2.24) is 10.2 Å². The van der Waals surface area contributed by atoms with Crippen LogP contribution in [0.3, 0.4) is 0 Å². The summed E-state index contributed by atoms with van der Waals surface area (Å²) in [6.45, 7) is 3.93. The second kappa shape index (κ2) is 25.5. The minimum Gasteiger partial charge on any atom is -0.459 e. The van der Waals surface area contributed by atoms with Crippen LogP contribution in [0.25, 0.3) is 0 Å². The molecule has 1 saturated carbocycles. The van der Waals surface area contributed by atoms with Crippen molar-refractivity contribution < 1.29 is 58.4 Å². The van der Waals surface area contributed by atoms with Gasteiger partial charge in [0.1, 0.15) is 30.8 Å². The normalized spacial score (nSPS) is 22.1. The molecule has 1 heterocycles. The summed E-state index contributed by atoms with van der Waals surface area (Å²) in [6.07, 6.45) is 6.36. The Kier molecular flexibility index (Phi) is 19.4. The molecule has 3 aromatic carbocycles. The van der Waals surface area contributed by atoms with Crippen molar-refractivity contribution in [3.63, 3.8) is 0 Å². The Balaban J connectivity index is 1.52. The maximum Gasteiger partial charge on any atom is 0.412 e. The van der Waals surface area contributed by atoms with Crippen LogP contribution in [0, 0.1) is 27.9 Å². The van der Waals surface area contributed by atoms with E-state index >= 15 is 0 Å². The van der Waals surface area contributed by atoms with Crippen LogP contribution in [0.5, 0.6) is 11.5 Å². The van der Waals surface area contributed by atoms with E-state index in [-0.39, 0.29) is 102 Å². The zero-order valence-corrected chi connectivity index (χ0v) is 38.3. The Hall–Kier alpha value is -5.56. The Morgan fingerprint density at radius 1 is 0.970 bits per heavy atom. The Bertz CT molecular complexity index is 2160. The number of fused-ring (bicyclic) bond motifs is 2. The standard InChI is InChI=1S/C49H61ClN4O13/c1-2-25-64-49-44(53(21-27-62-28-24-57)48(59)63-26-20-50)31-42(52-65-33-35-14-16-37(17-15-35)54(60)61)40-29-36(12-6-8-22-55)39(13-7-9-23-56)45(46(40)49)41-30-38(18-19-43(41)67-49)66-47(58)51-32-34-10-4-3-5-11-34/h2-5,10-11,14-19,29-30,36,39,44-46,55-57H,1,6-9,12-13,20-28,31-33H2,(H,51,58)/t36-,39+,44-,45+,46+,49+/m0/s1. The second-order valence-electron chi connectivity index (χ2n) is 16.5. The summed E-state index contributed by atoms with van der Waals surface area (Å²) in [5.74, 6) is -2.22. The summed E-state index contributed by atoms with van der Waals surface area (Å²) in [5, 5.41) is 48.4. The molecule has 2 aliphatic carbocycles. The van der Waals surface area contributed by atoms with Gasteiger partial charge in [0.05, 0.1) is 48.9 Å². The second-order valence-corrected chi connectivity index (χ2v) is 16.9. The van der Waals surface area contributed by atoms with Crippen LogP contribution in [0.4, 0.5) is 15.3 Å². The van der Waals surface area contributed by atoms with E-state index in [1.54, 1.807) is 30.3 Å². The number of allylic oxidation sites excluding steroid dienone is 1. The van der Waals surface area contributed by atoms with Crippen LogP contribution in [-0.2, 0) is 32.2 Å². The highest BCUT2D eigenvalue weighted by atomic mass is 35.5. The topological polar surface area (TPSA) is 221 Å². The fourth-order valence-electron chi connectivity index (χ4n) is 9.44. The number of amides is 2. The fourth-order valence-corrected chi connectivity index (χ4v) is 9.51. The maximum absolute atomic E-state index is 14.3. The zero-order chi connectivity index (χ0) is 47.6. The molecule has 0 saturated heterocycles. The highest BCUT2D eigenvalue weighted by Crippen LogP contribution is 2.62. The number of oxime groups is 1. The average molecular weight is 949 g/mol. The van der Waals surface area contributed by atoms with E-state index < -0.39 is 40.8 Å². The number of hydrogen-bond donors (Lipinski definition) is 4. The summed E-state index contributed by atoms with van der Waals surface area (Å²) < 4.78 is 31.5. The van der Waals surface area contributed by atoms with E-state index in [1.165, 1.54) is 17.0 Å². The number of ether oxygens (including phenoxy) is 5. The number of carbonyl (C=O) groups excluding carboxylic acids is 2. The summed E-state index contributed by atoms with van der Waals surface area (Å²) in [4.78, 5) is 46.1. The number of non-ortho nitro benzene ring substituents is 1. The molecule has 3 aromatic rings. The number of nitro benzene ring substituents is 1. The largest absolute Gasteiger partial charge is 0.459 e. The minimum atomic E-state index is -1.63. The third-order valence-electron chi connectivity index (χ3n) is 12.3. The van der Waals surface area contributed by atoms with Crippen molar-refractivity contribution in [3.8, 4) is 11.5 Å². The van der Waals surface area contributed by atoms with Gasteiger partial charge >= 0.3 is 12.2 Å². The Morgan fingerprint density at radius 3 is 2.43 bits per heavy atom. The first-order valence-corrected chi connectivity index (χ1v) is 23.3. The molecule has 4 N–H and O–H groups in total. The smallest absolute Gasteiger partial charge is 0.412 e. The third-order valence-corrected chi connectivity index (χ3v) is 12.5. The monoisotopic (exact) mass is 948 g/mol. The molecule has 17 nitrogen and oxygen atoms in total. The molecule has 18 heteroatoms. The van der Waals surface area contributed by atoms with Gasteiger partial charge in [0.15, 0.2) is 0 Å². The van der Waals surface area contributed by atoms with Gasteiger partial charge in [-0.1, -0.05) is 60.5 Å². The lowest BCUT2D eigenvalue weighted by molar-refractivity contribution is -0.384. The lowest BCUT2D eigenvalue weighted by Gasteiger charge is -2.59. The predicted octanol–water partition coefficient (Wildman–Crippen LogP) is 7.40. The molecule has 3 aliphatic rings. The molecule has 2 amide bonds. The van der Waals surface area contributed by atoms with Crippen molar-refractivity contribution in [3.05, 3.63) is 124 Å². The number of rotatable bonds is 26. The number of aliphatic hydroxyl groups excluding tert-OH is 3. The van der Waals surface area contributed by atoms with Gasteiger partial charge in [0.25, 0.3) is 5.69 Å². The molecule has 0 radical (unpaired) electrons. The Morgan fingerprint density at radius 2 is 1.73 bits per heavy atom. The molecular weight excluding hydrogens is 888 g/mol. The molecular formula is C49H61ClN4O13. The summed E-state index contributed by atoms with van der Waals surface area (Å²) >= 11 is 6.03. The van der Waals surface area contributed by atoms with Crippen molar-refractivity contribution >= 4 is 35.2 Å². The van der Waals surface area contributed by atoms with E-state index in [1.807, 2.05) is 36.4 Å². The molecule has 67 heavy (non-hydrogen) atoms. The minimum absolute atomic E-state index is 0.00194. The van der Waals surface area contributed by atoms with E-state index in [0.717, 1.165) is 16.7 Å². The molecule has 0 aromatic heterocycles. The zero-order valence-electron chi connectivity index (χ0n) is 37.5. The number of hydrogen-bond acceptors (Lipinski definition) is 14. The van der Waals surface area contributed by atoms with E-state index in [4.69, 9.17) is 45.3 Å². The van der Waals surface area contributed by atoms with E-state index in [0.29, 0.717) is 55.5 Å². The molecule has 6 rings (SSSR count). The molecule has 1 aliphatic heterocycles. The number of nitro groups is 1. The Labute approximate surface area is 395 Å². The van der Waals surface area contributed by atoms with Crippen LogP contribution >= 0.6 is 11.6 Å². The number of nitrogens with zero attached hydrogens (tertiary/aromatic N) is 3. The van der Waals surface area contributed by atoms with Crippen molar-refractivity contribution in [2.75, 3.05) is 58.7 Å². The first kappa shape index (κ1) is 50.8. The molecule has 0 spiro atoms. The van der Waals surface area contributed by atoms with Gasteiger partial charge in [-0.15, -0.1) is 18.2 Å². The van der Waals surface area contributed by atoms with E-state index in [9.17, 15) is 35.0 Å². The van der Waals surface area contributed by atoms with E-state index in [2.05, 4.69) is 18.0 Å². The first-order chi connectivity index (χ1) is 32.7. The number of alkyl halides is 1. The first-order valence-electron chi connectivity index (χ1n) is 22.8. The number of halogens is 1. The van der Waals surface area contributed by atoms with Gasteiger partial charge in [-0.2, -0.15) is 0 Å². The number of nitrogens with one attached hydrogen (secondary N) is 1. The van der Waals surface area contributed by atoms with Crippen molar-refractivity contribution in [2.45, 2.75) is 75.8 Å². The van der Waals surface area contributed by atoms with Crippen LogP contribution < -0.4 is 14.8 Å². The quantitative estimate of drug-likeness (QED) is 0.0203. The maximum atomic E-state index is 14.3. The molecule has 0 unspecified atom stereocenters. The summed E-state index contributed by atoms with van der Waals surface area (Å²) in [6, 6.07) is 19.7. The number of aliphatic hydroxyl groups is 3. The SMILES string of the molecule is C=CCO[C@@]12Oc3ccc(OC(=O)NCc4ccccc4)cc3[C@H]3[C@H](CCCCO)[C@@H](CCCCO)C=C(C(=NOCc4ccc([N+](=O)[O-])cc4)C[C@@H]1N(CCOCCO)C(=O)OCCCl)[C@H]32. The molecule has 362 valence electrons. The van der Waals surface area contributed by atoms with Gasteiger partial charge in [-0.3, -0.25) is 15.0 Å². The van der Waals surface area contributed by atoms with Crippen molar-refractivity contribution in [2.24, 2.45) is 22.9 Å². The lowest BCUT2D eigenvalue weighted by atomic mass is 9.55. The lowest BCUT2D eigenvalue weighted by Crippen LogP contribution is -2.70. The van der Waals surface area contributed by atoms with Gasteiger partial charge < -0.3 is 49.2 Å². The van der Waals surface area contributed by atoms with Gasteiger partial charge in [-0.05, 0) is 84.6 Å². The summed E-state index contributed by atoms with van der Waals surface area (Å²) in [5.41, 5.74) is 3.45. The molecule has 6 atom stereocenters.